The van der Waals surface area contributed by atoms with Crippen LogP contribution >= 0.6 is 0 Å². The van der Waals surface area contributed by atoms with Crippen molar-refractivity contribution in [3.63, 3.8) is 0 Å². The van der Waals surface area contributed by atoms with E-state index in [0.29, 0.717) is 28.8 Å². The van der Waals surface area contributed by atoms with Gasteiger partial charge in [-0.25, -0.2) is 9.97 Å². The van der Waals surface area contributed by atoms with Crippen molar-refractivity contribution in [1.82, 2.24) is 20.3 Å². The first kappa shape index (κ1) is 19.5. The van der Waals surface area contributed by atoms with Gasteiger partial charge >= 0.3 is 5.97 Å². The molecule has 2 aromatic heterocycles. The Hall–Kier alpha value is -2.27. The van der Waals surface area contributed by atoms with Gasteiger partial charge in [0.2, 0.25) is 0 Å². The minimum Gasteiger partial charge on any atom is -0.463 e. The highest BCUT2D eigenvalue weighted by Gasteiger charge is 2.43. The van der Waals surface area contributed by atoms with E-state index in [-0.39, 0.29) is 12.5 Å². The summed E-state index contributed by atoms with van der Waals surface area (Å²) in [6, 6.07) is -1.95. The van der Waals surface area contributed by atoms with E-state index in [2.05, 4.69) is 20.3 Å². The Bertz CT molecular complexity index is 810. The number of aromatic nitrogens is 3. The van der Waals surface area contributed by atoms with Gasteiger partial charge in [0.15, 0.2) is 5.82 Å². The average molecular weight is 378 g/mol. The van der Waals surface area contributed by atoms with E-state index in [4.69, 9.17) is 16.2 Å². The zero-order valence-electron chi connectivity index (χ0n) is 15.3. The van der Waals surface area contributed by atoms with Gasteiger partial charge in [0, 0.05) is 11.8 Å². The Kier molecular flexibility index (Phi) is 5.61. The predicted molar refractivity (Wildman–Crippen MR) is 98.4 cm³/mol. The standard InChI is InChI=1S/C17H26N6O4/c1-7(2)3-9(18)17(26)27-5-10-14(24)15(25)12(23-10)8-4-20-13-11(8)21-6-22-16(13)19/h4,6-7,9-10,12,14-15,20,23-25H,3,5,18H2,1-2H3,(H2,19,21,22)/t9?,10-,12+,14-,15+/m1/s1. The molecule has 10 heteroatoms. The molecule has 0 saturated carbocycles. The largest absolute Gasteiger partial charge is 0.463 e. The molecule has 1 saturated heterocycles. The molecule has 0 radical (unpaired) electrons. The number of esters is 1. The number of aliphatic hydroxyl groups excluding tert-OH is 2. The molecule has 8 N–H and O–H groups in total. The van der Waals surface area contributed by atoms with Crippen LogP contribution in [0.3, 0.4) is 0 Å². The van der Waals surface area contributed by atoms with E-state index in [1.54, 1.807) is 6.20 Å². The van der Waals surface area contributed by atoms with E-state index >= 15 is 0 Å². The minimum absolute atomic E-state index is 0.0984. The molecule has 3 rings (SSSR count). The second-order valence-corrected chi connectivity index (χ2v) is 7.32. The number of aliphatic hydroxyl groups is 2. The van der Waals surface area contributed by atoms with Crippen LogP contribution in [-0.4, -0.2) is 62.0 Å². The third-order valence-electron chi connectivity index (χ3n) is 4.79. The van der Waals surface area contributed by atoms with Gasteiger partial charge < -0.3 is 31.4 Å². The smallest absolute Gasteiger partial charge is 0.322 e. The maximum Gasteiger partial charge on any atom is 0.322 e. The number of nitrogens with two attached hydrogens (primary N) is 2. The van der Waals surface area contributed by atoms with Gasteiger partial charge in [0.25, 0.3) is 0 Å². The number of anilines is 1. The van der Waals surface area contributed by atoms with Gasteiger partial charge in [-0.3, -0.25) is 10.1 Å². The van der Waals surface area contributed by atoms with E-state index in [9.17, 15) is 15.0 Å². The molecule has 0 aromatic carbocycles. The quantitative estimate of drug-likeness (QED) is 0.351. The van der Waals surface area contributed by atoms with Crippen molar-refractivity contribution < 1.29 is 19.7 Å². The first-order valence-corrected chi connectivity index (χ1v) is 8.91. The number of nitrogens with one attached hydrogen (secondary N) is 2. The van der Waals surface area contributed by atoms with E-state index in [0.717, 1.165) is 0 Å². The SMILES string of the molecule is CC(C)CC(N)C(=O)OC[C@H]1N[C@@H](c2c[nH]c3c(N)ncnc23)[C@H](O)[C@@H]1O. The maximum absolute atomic E-state index is 12.0. The number of hydrogen-bond acceptors (Lipinski definition) is 9. The molecule has 1 fully saturated rings. The number of hydrogen-bond donors (Lipinski definition) is 6. The molecule has 0 spiro atoms. The minimum atomic E-state index is -1.12. The van der Waals surface area contributed by atoms with Crippen molar-refractivity contribution in [2.75, 3.05) is 12.3 Å². The number of aromatic amines is 1. The van der Waals surface area contributed by atoms with E-state index < -0.39 is 36.3 Å². The molecular formula is C17H26N6O4. The summed E-state index contributed by atoms with van der Waals surface area (Å²) < 4.78 is 5.23. The van der Waals surface area contributed by atoms with Crippen molar-refractivity contribution >= 4 is 22.8 Å². The molecule has 1 aliphatic heterocycles. The molecule has 1 unspecified atom stereocenters. The van der Waals surface area contributed by atoms with Gasteiger partial charge in [-0.15, -0.1) is 0 Å². The summed E-state index contributed by atoms with van der Waals surface area (Å²) >= 11 is 0. The van der Waals surface area contributed by atoms with Crippen molar-refractivity contribution in [3.05, 3.63) is 18.1 Å². The summed E-state index contributed by atoms with van der Waals surface area (Å²) in [5.74, 6) is 0.0393. The Morgan fingerprint density at radius 1 is 1.33 bits per heavy atom. The molecule has 0 amide bonds. The molecule has 5 atom stereocenters. The predicted octanol–water partition coefficient (Wildman–Crippen LogP) is -0.809. The average Bonchev–Trinajstić information content (AvgIpc) is 3.16. The summed E-state index contributed by atoms with van der Waals surface area (Å²) in [5.41, 5.74) is 13.4. The first-order chi connectivity index (χ1) is 12.8. The van der Waals surface area contributed by atoms with Crippen LogP contribution in [0.2, 0.25) is 0 Å². The van der Waals surface area contributed by atoms with Crippen LogP contribution in [-0.2, 0) is 9.53 Å². The lowest BCUT2D eigenvalue weighted by Gasteiger charge is -2.18. The molecule has 2 aromatic rings. The van der Waals surface area contributed by atoms with Crippen LogP contribution in [0, 0.1) is 5.92 Å². The summed E-state index contributed by atoms with van der Waals surface area (Å²) in [4.78, 5) is 23.1. The molecule has 3 heterocycles. The van der Waals surface area contributed by atoms with Crippen molar-refractivity contribution in [1.29, 1.82) is 0 Å². The van der Waals surface area contributed by atoms with Gasteiger partial charge in [-0.2, -0.15) is 0 Å². The first-order valence-electron chi connectivity index (χ1n) is 8.91. The van der Waals surface area contributed by atoms with Gasteiger partial charge in [0.1, 0.15) is 36.7 Å². The van der Waals surface area contributed by atoms with E-state index in [1.807, 2.05) is 13.8 Å². The zero-order chi connectivity index (χ0) is 19.7. The lowest BCUT2D eigenvalue weighted by molar-refractivity contribution is -0.147. The topological polar surface area (TPSA) is 172 Å². The Balaban J connectivity index is 1.69. The number of nitrogens with zero attached hydrogens (tertiary/aromatic N) is 2. The second-order valence-electron chi connectivity index (χ2n) is 7.32. The van der Waals surface area contributed by atoms with Crippen molar-refractivity contribution in [2.24, 2.45) is 11.7 Å². The molecule has 148 valence electrons. The molecule has 1 aliphatic rings. The highest BCUT2D eigenvalue weighted by Crippen LogP contribution is 2.32. The number of carbonyl (C=O) groups is 1. The molecule has 0 bridgehead atoms. The lowest BCUT2D eigenvalue weighted by Crippen LogP contribution is -2.41. The highest BCUT2D eigenvalue weighted by atomic mass is 16.5. The number of fused-ring (bicyclic) bond motifs is 1. The molecule has 0 aliphatic carbocycles. The van der Waals surface area contributed by atoms with Crippen LogP contribution in [0.1, 0.15) is 31.9 Å². The monoisotopic (exact) mass is 378 g/mol. The zero-order valence-corrected chi connectivity index (χ0v) is 15.3. The Labute approximate surface area is 156 Å². The summed E-state index contributed by atoms with van der Waals surface area (Å²) in [5, 5.41) is 23.9. The molecule has 27 heavy (non-hydrogen) atoms. The maximum atomic E-state index is 12.0. The van der Waals surface area contributed by atoms with Crippen LogP contribution in [0.15, 0.2) is 12.5 Å². The van der Waals surface area contributed by atoms with Crippen LogP contribution in [0.4, 0.5) is 5.82 Å². The van der Waals surface area contributed by atoms with Crippen LogP contribution in [0.5, 0.6) is 0 Å². The fraction of sp³-hybridized carbons (Fsp3) is 0.588. The number of rotatable bonds is 6. The lowest BCUT2D eigenvalue weighted by atomic mass is 10.0. The van der Waals surface area contributed by atoms with Gasteiger partial charge in [0.05, 0.1) is 17.6 Å². The fourth-order valence-electron chi connectivity index (χ4n) is 3.38. The van der Waals surface area contributed by atoms with Crippen LogP contribution in [0.25, 0.3) is 11.0 Å². The van der Waals surface area contributed by atoms with Gasteiger partial charge in [-0.1, -0.05) is 13.8 Å². The number of nitrogen functional groups attached to an aromatic ring is 1. The number of carbonyl (C=O) groups excluding carboxylic acids is 1. The summed E-state index contributed by atoms with van der Waals surface area (Å²) in [6.45, 7) is 3.83. The summed E-state index contributed by atoms with van der Waals surface area (Å²) in [6.07, 6.45) is 1.29. The number of ether oxygens (including phenoxy) is 1. The third kappa shape index (κ3) is 3.88. The summed E-state index contributed by atoms with van der Waals surface area (Å²) in [7, 11) is 0. The molecule has 10 nitrogen and oxygen atoms in total. The Morgan fingerprint density at radius 3 is 2.78 bits per heavy atom. The Morgan fingerprint density at radius 2 is 2.07 bits per heavy atom. The van der Waals surface area contributed by atoms with E-state index in [1.165, 1.54) is 6.33 Å². The van der Waals surface area contributed by atoms with Crippen molar-refractivity contribution in [2.45, 2.75) is 50.6 Å². The van der Waals surface area contributed by atoms with Crippen molar-refractivity contribution in [3.8, 4) is 0 Å². The number of H-pyrrole nitrogens is 1. The second kappa shape index (κ2) is 7.77. The normalized spacial score (nSPS) is 26.6. The third-order valence-corrected chi connectivity index (χ3v) is 4.79. The van der Waals surface area contributed by atoms with Crippen LogP contribution < -0.4 is 16.8 Å². The highest BCUT2D eigenvalue weighted by molar-refractivity contribution is 5.87. The molecular weight excluding hydrogens is 352 g/mol. The fourth-order valence-corrected chi connectivity index (χ4v) is 3.38. The van der Waals surface area contributed by atoms with Gasteiger partial charge in [-0.05, 0) is 12.3 Å².